The molecule has 6 rings (SSSR count). The molecular weight excluding hydrogens is 549 g/mol. The first-order valence-electron chi connectivity index (χ1n) is 14.2. The predicted molar refractivity (Wildman–Crippen MR) is 180 cm³/mol. The summed E-state index contributed by atoms with van der Waals surface area (Å²) in [6.07, 6.45) is 0. The SMILES string of the molecule is c1ccc([S+](c2ccccc2)c2ccc(NCCNc3ccc([S+](c4ccccc4)c4ccccc4)cc3)cc2)cc1. The lowest BCUT2D eigenvalue weighted by atomic mass is 10.3. The number of hydrogen-bond acceptors (Lipinski definition) is 2. The number of hydrogen-bond donors (Lipinski definition) is 2. The molecule has 6 aromatic carbocycles. The summed E-state index contributed by atoms with van der Waals surface area (Å²) < 4.78 is 0. The largest absolute Gasteiger partial charge is 0.383 e. The first kappa shape index (κ1) is 27.8. The van der Waals surface area contributed by atoms with Crippen molar-refractivity contribution in [1.82, 2.24) is 0 Å². The van der Waals surface area contributed by atoms with Crippen molar-refractivity contribution in [2.45, 2.75) is 29.4 Å². The second-order valence-electron chi connectivity index (χ2n) is 9.77. The molecule has 206 valence electrons. The first-order valence-corrected chi connectivity index (χ1v) is 16.7. The summed E-state index contributed by atoms with van der Waals surface area (Å²) in [5.41, 5.74) is 2.27. The van der Waals surface area contributed by atoms with E-state index in [9.17, 15) is 0 Å². The van der Waals surface area contributed by atoms with Gasteiger partial charge >= 0.3 is 0 Å². The fraction of sp³-hybridized carbons (Fsp3) is 0.0526. The molecule has 0 radical (unpaired) electrons. The Morgan fingerprint density at radius 1 is 0.286 bits per heavy atom. The van der Waals surface area contributed by atoms with Gasteiger partial charge in [0.15, 0.2) is 29.4 Å². The molecule has 2 N–H and O–H groups in total. The smallest absolute Gasteiger partial charge is 0.166 e. The monoisotopic (exact) mass is 582 g/mol. The quantitative estimate of drug-likeness (QED) is 0.117. The molecule has 0 amide bonds. The van der Waals surface area contributed by atoms with Gasteiger partial charge in [0, 0.05) is 24.5 Å². The highest BCUT2D eigenvalue weighted by Gasteiger charge is 2.29. The van der Waals surface area contributed by atoms with Crippen molar-refractivity contribution in [3.8, 4) is 0 Å². The van der Waals surface area contributed by atoms with Gasteiger partial charge < -0.3 is 10.6 Å². The summed E-state index contributed by atoms with van der Waals surface area (Å²) in [4.78, 5) is 7.97. The Bertz CT molecular complexity index is 1430. The lowest BCUT2D eigenvalue weighted by Crippen LogP contribution is -2.14. The summed E-state index contributed by atoms with van der Waals surface area (Å²) in [6, 6.07) is 61.0. The molecule has 0 saturated carbocycles. The van der Waals surface area contributed by atoms with Crippen LogP contribution in [-0.2, 0) is 21.8 Å². The van der Waals surface area contributed by atoms with Gasteiger partial charge in [-0.05, 0) is 97.1 Å². The summed E-state index contributed by atoms with van der Waals surface area (Å²) in [7, 11) is -0.250. The van der Waals surface area contributed by atoms with Crippen LogP contribution in [0.5, 0.6) is 0 Å². The van der Waals surface area contributed by atoms with Gasteiger partial charge in [-0.15, -0.1) is 0 Å². The molecule has 0 aliphatic rings. The Labute approximate surface area is 255 Å². The maximum atomic E-state index is 3.58. The topological polar surface area (TPSA) is 24.1 Å². The van der Waals surface area contributed by atoms with Crippen LogP contribution in [0.25, 0.3) is 0 Å². The average Bonchev–Trinajstić information content (AvgIpc) is 3.07. The molecule has 0 unspecified atom stereocenters. The average molecular weight is 583 g/mol. The van der Waals surface area contributed by atoms with E-state index in [1.54, 1.807) is 0 Å². The van der Waals surface area contributed by atoms with Crippen LogP contribution in [0.15, 0.2) is 199 Å². The van der Waals surface area contributed by atoms with Gasteiger partial charge in [0.25, 0.3) is 0 Å². The Morgan fingerprint density at radius 3 is 0.786 bits per heavy atom. The molecule has 0 aliphatic heterocycles. The van der Waals surface area contributed by atoms with Crippen LogP contribution in [0.1, 0.15) is 0 Å². The molecule has 0 saturated heterocycles. The van der Waals surface area contributed by atoms with Gasteiger partial charge in [-0.2, -0.15) is 0 Å². The minimum Gasteiger partial charge on any atom is -0.383 e. The highest BCUT2D eigenvalue weighted by atomic mass is 32.2. The van der Waals surface area contributed by atoms with Crippen LogP contribution in [-0.4, -0.2) is 13.1 Å². The van der Waals surface area contributed by atoms with E-state index in [1.807, 2.05) is 0 Å². The lowest BCUT2D eigenvalue weighted by Gasteiger charge is -2.11. The molecule has 6 aromatic rings. The predicted octanol–water partition coefficient (Wildman–Crippen LogP) is 9.40. The zero-order chi connectivity index (χ0) is 28.4. The Morgan fingerprint density at radius 2 is 0.524 bits per heavy atom. The van der Waals surface area contributed by atoms with Gasteiger partial charge in [0.05, 0.1) is 21.8 Å². The number of anilines is 2. The molecule has 42 heavy (non-hydrogen) atoms. The fourth-order valence-corrected chi connectivity index (χ4v) is 9.04. The van der Waals surface area contributed by atoms with E-state index in [4.69, 9.17) is 0 Å². The standard InChI is InChI=1S/C38H34N2S2/c1-5-13-33(14-6-1)41(34-15-7-2-8-16-34)37-25-21-31(22-26-37)39-29-30-40-32-23-27-38(28-24-32)42(35-17-9-3-10-18-35)36-19-11-4-12-20-36/h1-28,39-40H,29-30H2/q+2. The zero-order valence-electron chi connectivity index (χ0n) is 23.4. The lowest BCUT2D eigenvalue weighted by molar-refractivity contribution is 1.08. The van der Waals surface area contributed by atoms with Crippen LogP contribution in [0.2, 0.25) is 0 Å². The van der Waals surface area contributed by atoms with E-state index < -0.39 is 0 Å². The van der Waals surface area contributed by atoms with Crippen LogP contribution in [0.4, 0.5) is 11.4 Å². The van der Waals surface area contributed by atoms with Crippen LogP contribution < -0.4 is 10.6 Å². The number of nitrogens with one attached hydrogen (secondary N) is 2. The second kappa shape index (κ2) is 14.0. The van der Waals surface area contributed by atoms with Crippen molar-refractivity contribution in [2.24, 2.45) is 0 Å². The minimum atomic E-state index is -0.125. The molecular formula is C38H34N2S2+2. The molecule has 0 heterocycles. The third kappa shape index (κ3) is 6.91. The van der Waals surface area contributed by atoms with Gasteiger partial charge in [-0.1, -0.05) is 72.8 Å². The molecule has 2 nitrogen and oxygen atoms in total. The van der Waals surface area contributed by atoms with E-state index in [0.717, 1.165) is 24.5 Å². The van der Waals surface area contributed by atoms with E-state index in [-0.39, 0.29) is 21.8 Å². The van der Waals surface area contributed by atoms with E-state index in [1.165, 1.54) is 29.4 Å². The van der Waals surface area contributed by atoms with Crippen LogP contribution in [0, 0.1) is 0 Å². The minimum absolute atomic E-state index is 0.125. The maximum absolute atomic E-state index is 3.58. The van der Waals surface area contributed by atoms with Crippen molar-refractivity contribution in [3.05, 3.63) is 170 Å². The molecule has 0 aromatic heterocycles. The van der Waals surface area contributed by atoms with Gasteiger partial charge in [0.2, 0.25) is 0 Å². The van der Waals surface area contributed by atoms with Crippen LogP contribution in [0.3, 0.4) is 0 Å². The zero-order valence-corrected chi connectivity index (χ0v) is 25.0. The second-order valence-corrected chi connectivity index (χ2v) is 13.8. The van der Waals surface area contributed by atoms with Gasteiger partial charge in [-0.3, -0.25) is 0 Å². The van der Waals surface area contributed by atoms with E-state index >= 15 is 0 Å². The molecule has 4 heteroatoms. The van der Waals surface area contributed by atoms with Crippen molar-refractivity contribution < 1.29 is 0 Å². The van der Waals surface area contributed by atoms with Gasteiger partial charge in [0.1, 0.15) is 0 Å². The third-order valence-corrected chi connectivity index (χ3v) is 11.3. The Hall–Kier alpha value is -4.38. The van der Waals surface area contributed by atoms with Gasteiger partial charge in [-0.25, -0.2) is 0 Å². The van der Waals surface area contributed by atoms with Crippen molar-refractivity contribution in [1.29, 1.82) is 0 Å². The number of benzene rings is 6. The van der Waals surface area contributed by atoms with E-state index in [2.05, 4.69) is 180 Å². The summed E-state index contributed by atoms with van der Waals surface area (Å²) in [5.74, 6) is 0. The molecule has 0 bridgehead atoms. The fourth-order valence-electron chi connectivity index (χ4n) is 4.87. The van der Waals surface area contributed by atoms with Crippen molar-refractivity contribution >= 4 is 33.2 Å². The maximum Gasteiger partial charge on any atom is 0.166 e. The summed E-state index contributed by atoms with van der Waals surface area (Å²) in [5, 5.41) is 7.15. The third-order valence-electron chi connectivity index (χ3n) is 6.88. The molecule has 0 atom stereocenters. The van der Waals surface area contributed by atoms with E-state index in [0.29, 0.717) is 0 Å². The Balaban J connectivity index is 1.07. The number of rotatable bonds is 11. The highest BCUT2D eigenvalue weighted by molar-refractivity contribution is 7.97. The molecule has 0 aliphatic carbocycles. The Kier molecular flexibility index (Phi) is 9.25. The first-order chi connectivity index (χ1) is 20.8. The highest BCUT2D eigenvalue weighted by Crippen LogP contribution is 2.33. The normalized spacial score (nSPS) is 11.0. The van der Waals surface area contributed by atoms with Crippen molar-refractivity contribution in [3.63, 3.8) is 0 Å². The van der Waals surface area contributed by atoms with Crippen LogP contribution >= 0.6 is 0 Å². The van der Waals surface area contributed by atoms with Crippen molar-refractivity contribution in [2.75, 3.05) is 23.7 Å². The summed E-state index contributed by atoms with van der Waals surface area (Å²) in [6.45, 7) is 1.67. The molecule has 0 spiro atoms. The summed E-state index contributed by atoms with van der Waals surface area (Å²) >= 11 is 0. The molecule has 0 fully saturated rings.